The van der Waals surface area contributed by atoms with Gasteiger partial charge in [0.25, 0.3) is 5.91 Å². The van der Waals surface area contributed by atoms with Gasteiger partial charge in [0.2, 0.25) is 0 Å². The summed E-state index contributed by atoms with van der Waals surface area (Å²) in [6.45, 7) is 1.00. The van der Waals surface area contributed by atoms with Gasteiger partial charge in [-0.3, -0.25) is 4.79 Å². The van der Waals surface area contributed by atoms with Crippen LogP contribution in [0.1, 0.15) is 18.4 Å². The number of halogens is 1. The van der Waals surface area contributed by atoms with Crippen molar-refractivity contribution in [3.8, 4) is 5.75 Å². The summed E-state index contributed by atoms with van der Waals surface area (Å²) in [6.07, 6.45) is 3.31. The van der Waals surface area contributed by atoms with Crippen LogP contribution >= 0.6 is 15.9 Å². The van der Waals surface area contributed by atoms with Crippen LogP contribution < -0.4 is 4.74 Å². The highest BCUT2D eigenvalue weighted by atomic mass is 79.9. The van der Waals surface area contributed by atoms with Crippen molar-refractivity contribution in [2.24, 2.45) is 5.92 Å². The summed E-state index contributed by atoms with van der Waals surface area (Å²) in [5.41, 5.74) is 1.59. The first-order valence-corrected chi connectivity index (χ1v) is 7.88. The van der Waals surface area contributed by atoms with Crippen molar-refractivity contribution in [2.75, 3.05) is 20.2 Å². The Balaban J connectivity index is 1.70. The molecule has 1 amide bonds. The van der Waals surface area contributed by atoms with Gasteiger partial charge >= 0.3 is 0 Å². The highest BCUT2D eigenvalue weighted by Gasteiger charge is 2.30. The number of carbonyl (C=O) groups excluding carboxylic acids is 1. The van der Waals surface area contributed by atoms with Crippen molar-refractivity contribution >= 4 is 27.9 Å². The van der Waals surface area contributed by atoms with E-state index in [2.05, 4.69) is 15.9 Å². The second-order valence-corrected chi connectivity index (χ2v) is 6.73. The lowest BCUT2D eigenvalue weighted by atomic mass is 9.82. The van der Waals surface area contributed by atoms with Crippen LogP contribution in [-0.4, -0.2) is 42.2 Å². The molecule has 0 spiro atoms. The van der Waals surface area contributed by atoms with Gasteiger partial charge in [0, 0.05) is 23.6 Å². The summed E-state index contributed by atoms with van der Waals surface area (Å²) in [5, 5.41) is 9.31. The number of ether oxygens (including phenoxy) is 1. The van der Waals surface area contributed by atoms with Crippen LogP contribution in [0.4, 0.5) is 0 Å². The summed E-state index contributed by atoms with van der Waals surface area (Å²) >= 11 is 3.43. The fraction of sp³-hybridized carbons (Fsp3) is 0.438. The minimum atomic E-state index is -0.181. The molecule has 1 heterocycles. The Morgan fingerprint density at radius 2 is 2.24 bits per heavy atom. The average molecular weight is 352 g/mol. The van der Waals surface area contributed by atoms with E-state index < -0.39 is 0 Å². The van der Waals surface area contributed by atoms with Crippen molar-refractivity contribution in [3.63, 3.8) is 0 Å². The number of hydrogen-bond donors (Lipinski definition) is 1. The second kappa shape index (κ2) is 5.81. The van der Waals surface area contributed by atoms with Crippen LogP contribution in [0.25, 0.3) is 6.08 Å². The van der Waals surface area contributed by atoms with Crippen molar-refractivity contribution in [1.29, 1.82) is 0 Å². The molecule has 1 aromatic carbocycles. The summed E-state index contributed by atoms with van der Waals surface area (Å²) in [4.78, 5) is 14.2. The molecule has 112 valence electrons. The van der Waals surface area contributed by atoms with E-state index in [1.807, 2.05) is 31.3 Å². The Labute approximate surface area is 132 Å². The van der Waals surface area contributed by atoms with Gasteiger partial charge in [-0.1, -0.05) is 15.9 Å². The van der Waals surface area contributed by atoms with Crippen LogP contribution in [0.3, 0.4) is 0 Å². The molecule has 2 aliphatic rings. The molecule has 1 aliphatic carbocycles. The predicted octanol–water partition coefficient (Wildman–Crippen LogP) is 2.45. The highest BCUT2D eigenvalue weighted by Crippen LogP contribution is 2.31. The summed E-state index contributed by atoms with van der Waals surface area (Å²) in [5.74, 6) is 1.22. The van der Waals surface area contributed by atoms with Gasteiger partial charge in [0.1, 0.15) is 12.4 Å². The molecule has 0 bridgehead atoms. The number of nitrogens with zero attached hydrogens (tertiary/aromatic N) is 1. The first-order chi connectivity index (χ1) is 10.0. The van der Waals surface area contributed by atoms with Crippen LogP contribution in [0.15, 0.2) is 28.2 Å². The topological polar surface area (TPSA) is 49.8 Å². The van der Waals surface area contributed by atoms with Crippen LogP contribution in [0.2, 0.25) is 0 Å². The van der Waals surface area contributed by atoms with E-state index in [1.165, 1.54) is 0 Å². The van der Waals surface area contributed by atoms with Crippen molar-refractivity contribution in [3.05, 3.63) is 33.8 Å². The number of amides is 1. The zero-order valence-electron chi connectivity index (χ0n) is 11.9. The maximum atomic E-state index is 12.5. The molecule has 3 rings (SSSR count). The fourth-order valence-electron chi connectivity index (χ4n) is 2.84. The third-order valence-corrected chi connectivity index (χ3v) is 4.54. The van der Waals surface area contributed by atoms with E-state index in [4.69, 9.17) is 4.74 Å². The molecule has 1 aromatic rings. The molecule has 4 nitrogen and oxygen atoms in total. The maximum Gasteiger partial charge on any atom is 0.253 e. The molecule has 21 heavy (non-hydrogen) atoms. The van der Waals surface area contributed by atoms with Crippen molar-refractivity contribution < 1.29 is 14.6 Å². The molecule has 0 saturated heterocycles. The first-order valence-electron chi connectivity index (χ1n) is 7.09. The minimum absolute atomic E-state index is 0.00187. The molecule has 1 N–H and O–H groups in total. The maximum absolute atomic E-state index is 12.5. The quantitative estimate of drug-likeness (QED) is 0.909. The van der Waals surface area contributed by atoms with Crippen molar-refractivity contribution in [1.82, 2.24) is 4.90 Å². The molecule has 0 aromatic heterocycles. The third-order valence-electron chi connectivity index (χ3n) is 4.05. The van der Waals surface area contributed by atoms with Gasteiger partial charge in [0.15, 0.2) is 0 Å². The van der Waals surface area contributed by atoms with E-state index in [1.54, 1.807) is 4.90 Å². The number of aliphatic hydroxyl groups is 1. The Hall–Kier alpha value is -1.33. The van der Waals surface area contributed by atoms with E-state index in [0.717, 1.165) is 28.6 Å². The second-order valence-electron chi connectivity index (χ2n) is 5.82. The lowest BCUT2D eigenvalue weighted by Gasteiger charge is -2.34. The monoisotopic (exact) mass is 351 g/mol. The molecule has 1 aliphatic heterocycles. The fourth-order valence-corrected chi connectivity index (χ4v) is 3.22. The number of carbonyl (C=O) groups is 1. The molecule has 1 fully saturated rings. The van der Waals surface area contributed by atoms with Crippen LogP contribution in [0.5, 0.6) is 5.75 Å². The number of fused-ring (bicyclic) bond motifs is 1. The first kappa shape index (κ1) is 14.6. The predicted molar refractivity (Wildman–Crippen MR) is 84.0 cm³/mol. The summed E-state index contributed by atoms with van der Waals surface area (Å²) < 4.78 is 6.61. The standard InChI is InChI=1S/C16H18BrNO3/c1-18(8-10-4-14(19)5-10)16(20)12-6-11-7-13(17)2-3-15(11)21-9-12/h2-3,6-7,10,14,19H,4-5,8-9H2,1H3. The largest absolute Gasteiger partial charge is 0.488 e. The molecule has 0 unspecified atom stereocenters. The molecule has 5 heteroatoms. The zero-order chi connectivity index (χ0) is 15.0. The summed E-state index contributed by atoms with van der Waals surface area (Å²) in [7, 11) is 1.81. The smallest absolute Gasteiger partial charge is 0.253 e. The molecule has 0 atom stereocenters. The Morgan fingerprint density at radius 1 is 1.48 bits per heavy atom. The minimum Gasteiger partial charge on any atom is -0.488 e. The van der Waals surface area contributed by atoms with E-state index >= 15 is 0 Å². The SMILES string of the molecule is CN(CC1CC(O)C1)C(=O)C1=Cc2cc(Br)ccc2OC1. The van der Waals surface area contributed by atoms with Crippen LogP contribution in [0, 0.1) is 5.92 Å². The number of benzene rings is 1. The van der Waals surface area contributed by atoms with Gasteiger partial charge in [-0.2, -0.15) is 0 Å². The number of aliphatic hydroxyl groups excluding tert-OH is 1. The molecule has 1 saturated carbocycles. The van der Waals surface area contributed by atoms with E-state index in [9.17, 15) is 9.90 Å². The van der Waals surface area contributed by atoms with Gasteiger partial charge in [-0.25, -0.2) is 0 Å². The summed E-state index contributed by atoms with van der Waals surface area (Å²) in [6, 6.07) is 5.77. The molecular formula is C16H18BrNO3. The zero-order valence-corrected chi connectivity index (χ0v) is 13.5. The highest BCUT2D eigenvalue weighted by molar-refractivity contribution is 9.10. The normalized spacial score (nSPS) is 23.5. The van der Waals surface area contributed by atoms with Crippen molar-refractivity contribution in [2.45, 2.75) is 18.9 Å². The Morgan fingerprint density at radius 3 is 2.95 bits per heavy atom. The third kappa shape index (κ3) is 3.14. The van der Waals surface area contributed by atoms with Gasteiger partial charge in [-0.15, -0.1) is 0 Å². The van der Waals surface area contributed by atoms with E-state index in [-0.39, 0.29) is 12.0 Å². The van der Waals surface area contributed by atoms with Crippen LogP contribution in [-0.2, 0) is 4.79 Å². The Kier molecular flexibility index (Phi) is 4.04. The lowest BCUT2D eigenvalue weighted by molar-refractivity contribution is -0.127. The average Bonchev–Trinajstić information content (AvgIpc) is 2.44. The Bertz CT molecular complexity index is 593. The van der Waals surface area contributed by atoms with Gasteiger partial charge in [0.05, 0.1) is 11.7 Å². The van der Waals surface area contributed by atoms with Gasteiger partial charge in [-0.05, 0) is 43.0 Å². The number of likely N-dealkylation sites (N-methyl/N-ethyl adjacent to an activating group) is 1. The van der Waals surface area contributed by atoms with E-state index in [0.29, 0.717) is 24.6 Å². The molecule has 0 radical (unpaired) electrons. The number of hydrogen-bond acceptors (Lipinski definition) is 3. The molecular weight excluding hydrogens is 334 g/mol. The lowest BCUT2D eigenvalue weighted by Crippen LogP contribution is -2.40. The van der Waals surface area contributed by atoms with Gasteiger partial charge < -0.3 is 14.7 Å². The number of rotatable bonds is 3.